The molecule has 8 heteroatoms. The SMILES string of the molecule is COc1cccc(CCNC(=O)C(c2cc(C)nc(-n3ccnc3)n2)N2CCCCC2)c1. The largest absolute Gasteiger partial charge is 0.497 e. The highest BCUT2D eigenvalue weighted by Crippen LogP contribution is 2.25. The summed E-state index contributed by atoms with van der Waals surface area (Å²) in [6, 6.07) is 9.41. The highest BCUT2D eigenvalue weighted by molar-refractivity contribution is 5.82. The number of aromatic nitrogens is 4. The number of nitrogens with one attached hydrogen (secondary N) is 1. The number of carbonyl (C=O) groups excluding carboxylic acids is 1. The molecule has 3 aromatic rings. The van der Waals surface area contributed by atoms with Gasteiger partial charge in [0.05, 0.1) is 12.8 Å². The van der Waals surface area contributed by atoms with Crippen LogP contribution in [0.1, 0.15) is 42.3 Å². The zero-order valence-corrected chi connectivity index (χ0v) is 18.7. The molecule has 1 unspecified atom stereocenters. The third kappa shape index (κ3) is 5.31. The predicted molar refractivity (Wildman–Crippen MR) is 122 cm³/mol. The Bertz CT molecular complexity index is 1030. The lowest BCUT2D eigenvalue weighted by Gasteiger charge is -2.33. The van der Waals surface area contributed by atoms with Crippen LogP contribution in [0.15, 0.2) is 49.1 Å². The molecule has 4 rings (SSSR count). The predicted octanol–water partition coefficient (Wildman–Crippen LogP) is 2.87. The number of ether oxygens (including phenoxy) is 1. The van der Waals surface area contributed by atoms with E-state index < -0.39 is 6.04 Å². The molecule has 1 aromatic carbocycles. The van der Waals surface area contributed by atoms with E-state index in [1.807, 2.05) is 43.5 Å². The van der Waals surface area contributed by atoms with E-state index in [1.54, 1.807) is 24.2 Å². The van der Waals surface area contributed by atoms with Crippen LogP contribution < -0.4 is 10.1 Å². The Kier molecular flexibility index (Phi) is 7.11. The van der Waals surface area contributed by atoms with Crippen molar-refractivity contribution in [2.75, 3.05) is 26.7 Å². The van der Waals surface area contributed by atoms with Crippen LogP contribution in [0.3, 0.4) is 0 Å². The van der Waals surface area contributed by atoms with Gasteiger partial charge in [-0.1, -0.05) is 18.6 Å². The Morgan fingerprint density at radius 3 is 2.78 bits per heavy atom. The Morgan fingerprint density at radius 2 is 2.03 bits per heavy atom. The fourth-order valence-corrected chi connectivity index (χ4v) is 4.13. The van der Waals surface area contributed by atoms with Gasteiger partial charge in [0.15, 0.2) is 0 Å². The van der Waals surface area contributed by atoms with Crippen LogP contribution in [0.2, 0.25) is 0 Å². The fraction of sp³-hybridized carbons (Fsp3) is 0.417. The van der Waals surface area contributed by atoms with Crippen LogP contribution in [0.4, 0.5) is 0 Å². The summed E-state index contributed by atoms with van der Waals surface area (Å²) in [5, 5.41) is 3.14. The maximum atomic E-state index is 13.4. The summed E-state index contributed by atoms with van der Waals surface area (Å²) in [5.74, 6) is 1.33. The van der Waals surface area contributed by atoms with E-state index in [2.05, 4.69) is 20.2 Å². The number of methoxy groups -OCH3 is 1. The van der Waals surface area contributed by atoms with Gasteiger partial charge in [-0.2, -0.15) is 0 Å². The van der Waals surface area contributed by atoms with E-state index in [-0.39, 0.29) is 5.91 Å². The quantitative estimate of drug-likeness (QED) is 0.587. The molecule has 1 saturated heterocycles. The van der Waals surface area contributed by atoms with Crippen LogP contribution in [0, 0.1) is 6.92 Å². The van der Waals surface area contributed by atoms with E-state index in [9.17, 15) is 4.79 Å². The van der Waals surface area contributed by atoms with Gasteiger partial charge in [0.2, 0.25) is 11.9 Å². The Labute approximate surface area is 188 Å². The Balaban J connectivity index is 1.53. The number of amides is 1. The number of hydrogen-bond acceptors (Lipinski definition) is 6. The number of nitrogens with zero attached hydrogens (tertiary/aromatic N) is 5. The number of aryl methyl sites for hydroxylation is 1. The average Bonchev–Trinajstić information content (AvgIpc) is 3.35. The van der Waals surface area contributed by atoms with Gasteiger partial charge in [-0.25, -0.2) is 15.0 Å². The number of hydrogen-bond donors (Lipinski definition) is 1. The molecule has 0 radical (unpaired) electrons. The highest BCUT2D eigenvalue weighted by Gasteiger charge is 2.30. The first-order chi connectivity index (χ1) is 15.6. The third-order valence-corrected chi connectivity index (χ3v) is 5.73. The van der Waals surface area contributed by atoms with Crippen molar-refractivity contribution < 1.29 is 9.53 Å². The van der Waals surface area contributed by atoms with Crippen LogP contribution in [-0.4, -0.2) is 57.1 Å². The Hall–Kier alpha value is -3.26. The maximum Gasteiger partial charge on any atom is 0.243 e. The maximum absolute atomic E-state index is 13.4. The molecule has 0 bridgehead atoms. The number of likely N-dealkylation sites (tertiary alicyclic amines) is 1. The summed E-state index contributed by atoms with van der Waals surface area (Å²) in [6.45, 7) is 4.25. The van der Waals surface area contributed by atoms with E-state index in [1.165, 1.54) is 6.42 Å². The van der Waals surface area contributed by atoms with Gasteiger partial charge >= 0.3 is 0 Å². The van der Waals surface area contributed by atoms with Gasteiger partial charge in [-0.05, 0) is 63.0 Å². The molecule has 3 heterocycles. The number of rotatable bonds is 8. The van der Waals surface area contributed by atoms with Crippen molar-refractivity contribution in [3.05, 3.63) is 66.0 Å². The van der Waals surface area contributed by atoms with Crippen molar-refractivity contribution in [1.82, 2.24) is 29.7 Å². The second-order valence-corrected chi connectivity index (χ2v) is 8.10. The summed E-state index contributed by atoms with van der Waals surface area (Å²) in [5.41, 5.74) is 2.67. The molecule has 0 saturated carbocycles. The molecule has 0 spiro atoms. The summed E-state index contributed by atoms with van der Waals surface area (Å²) in [7, 11) is 1.66. The van der Waals surface area contributed by atoms with Gasteiger partial charge in [-0.3, -0.25) is 14.3 Å². The molecule has 8 nitrogen and oxygen atoms in total. The molecular weight excluding hydrogens is 404 g/mol. The Morgan fingerprint density at radius 1 is 1.19 bits per heavy atom. The summed E-state index contributed by atoms with van der Waals surface area (Å²) >= 11 is 0. The lowest BCUT2D eigenvalue weighted by atomic mass is 10.0. The first kappa shape index (κ1) is 22.0. The van der Waals surface area contributed by atoms with Crippen LogP contribution >= 0.6 is 0 Å². The minimum Gasteiger partial charge on any atom is -0.497 e. The third-order valence-electron chi connectivity index (χ3n) is 5.73. The molecule has 32 heavy (non-hydrogen) atoms. The molecule has 1 amide bonds. The molecule has 2 aromatic heterocycles. The smallest absolute Gasteiger partial charge is 0.243 e. The van der Waals surface area contributed by atoms with Crippen molar-refractivity contribution in [1.29, 1.82) is 0 Å². The van der Waals surface area contributed by atoms with Crippen LogP contribution in [-0.2, 0) is 11.2 Å². The van der Waals surface area contributed by atoms with Crippen LogP contribution in [0.5, 0.6) is 5.75 Å². The summed E-state index contributed by atoms with van der Waals surface area (Å²) in [4.78, 5) is 29.0. The molecule has 1 N–H and O–H groups in total. The summed E-state index contributed by atoms with van der Waals surface area (Å²) < 4.78 is 7.06. The van der Waals surface area contributed by atoms with Crippen molar-refractivity contribution >= 4 is 5.91 Å². The standard InChI is InChI=1S/C24H30N6O2/c1-18-15-21(28-24(27-18)30-14-11-25-17-30)22(29-12-4-3-5-13-29)23(31)26-10-9-19-7-6-8-20(16-19)32-2/h6-8,11,14-17,22H,3-5,9-10,12-13H2,1-2H3,(H,26,31). The zero-order chi connectivity index (χ0) is 22.3. The lowest BCUT2D eigenvalue weighted by molar-refractivity contribution is -0.127. The molecule has 1 aliphatic heterocycles. The zero-order valence-electron chi connectivity index (χ0n) is 18.7. The molecule has 168 valence electrons. The van der Waals surface area contributed by atoms with Crippen molar-refractivity contribution in [2.45, 2.75) is 38.6 Å². The molecule has 0 aliphatic carbocycles. The number of piperidine rings is 1. The minimum absolute atomic E-state index is 0.0236. The first-order valence-corrected chi connectivity index (χ1v) is 11.1. The molecular formula is C24H30N6O2. The van der Waals surface area contributed by atoms with Crippen molar-refractivity contribution in [3.8, 4) is 11.7 Å². The van der Waals surface area contributed by atoms with E-state index in [4.69, 9.17) is 9.72 Å². The van der Waals surface area contributed by atoms with Gasteiger partial charge in [-0.15, -0.1) is 0 Å². The topological polar surface area (TPSA) is 85.2 Å². The van der Waals surface area contributed by atoms with E-state index in [0.717, 1.165) is 55.1 Å². The van der Waals surface area contributed by atoms with E-state index in [0.29, 0.717) is 12.5 Å². The number of carbonyl (C=O) groups is 1. The van der Waals surface area contributed by atoms with Gasteiger partial charge in [0, 0.05) is 24.6 Å². The highest BCUT2D eigenvalue weighted by atomic mass is 16.5. The van der Waals surface area contributed by atoms with Gasteiger partial charge in [0.1, 0.15) is 18.1 Å². The first-order valence-electron chi connectivity index (χ1n) is 11.1. The lowest BCUT2D eigenvalue weighted by Crippen LogP contribution is -2.44. The van der Waals surface area contributed by atoms with Crippen LogP contribution in [0.25, 0.3) is 5.95 Å². The van der Waals surface area contributed by atoms with E-state index >= 15 is 0 Å². The summed E-state index contributed by atoms with van der Waals surface area (Å²) in [6.07, 6.45) is 9.28. The average molecular weight is 435 g/mol. The number of imidazole rings is 1. The molecule has 1 fully saturated rings. The molecule has 1 atom stereocenters. The second-order valence-electron chi connectivity index (χ2n) is 8.10. The monoisotopic (exact) mass is 434 g/mol. The minimum atomic E-state index is -0.440. The molecule has 1 aliphatic rings. The number of benzene rings is 1. The van der Waals surface area contributed by atoms with Crippen molar-refractivity contribution in [2.24, 2.45) is 0 Å². The van der Waals surface area contributed by atoms with Gasteiger partial charge < -0.3 is 10.1 Å². The second kappa shape index (κ2) is 10.4. The van der Waals surface area contributed by atoms with Gasteiger partial charge in [0.25, 0.3) is 0 Å². The normalized spacial score (nSPS) is 15.3. The fourth-order valence-electron chi connectivity index (χ4n) is 4.13. The van der Waals surface area contributed by atoms with Crippen molar-refractivity contribution in [3.63, 3.8) is 0 Å².